The van der Waals surface area contributed by atoms with Crippen molar-refractivity contribution in [3.05, 3.63) is 0 Å². The summed E-state index contributed by atoms with van der Waals surface area (Å²) < 4.78 is 33.3. The van der Waals surface area contributed by atoms with Crippen molar-refractivity contribution in [1.82, 2.24) is 0 Å². The molecule has 0 spiro atoms. The van der Waals surface area contributed by atoms with Gasteiger partial charge in [-0.15, -0.1) is 0 Å². The zero-order valence-electron chi connectivity index (χ0n) is 32.1. The average Bonchev–Trinajstić information content (AvgIpc) is 3.64. The zero-order chi connectivity index (χ0) is 40.0. The molecule has 302 valence electrons. The lowest BCUT2D eigenvalue weighted by Gasteiger charge is -2.47. The van der Waals surface area contributed by atoms with Crippen molar-refractivity contribution in [1.29, 1.82) is 0 Å². The van der Waals surface area contributed by atoms with Crippen molar-refractivity contribution in [2.45, 2.75) is 128 Å². The fourth-order valence-electron chi connectivity index (χ4n) is 6.41. The Balaban J connectivity index is 1.76. The minimum absolute atomic E-state index is 0.327. The molecule has 3 heterocycles. The highest BCUT2D eigenvalue weighted by Crippen LogP contribution is 2.45. The van der Waals surface area contributed by atoms with E-state index in [1.807, 2.05) is 6.92 Å². The number of thioether (sulfide) groups is 3. The molecule has 3 aliphatic heterocycles. The Kier molecular flexibility index (Phi) is 17.4. The van der Waals surface area contributed by atoms with E-state index in [1.165, 1.54) is 0 Å². The Labute approximate surface area is 329 Å². The van der Waals surface area contributed by atoms with E-state index in [0.717, 1.165) is 0 Å². The number of rotatable bonds is 28. The molecule has 0 saturated carbocycles. The number of nitrogens with zero attached hydrogens (tertiary/aromatic N) is 3. The Hall–Kier alpha value is -3.12. The maximum atomic E-state index is 12.1. The molecule has 0 aromatic carbocycles. The van der Waals surface area contributed by atoms with Crippen molar-refractivity contribution < 1.29 is 57.2 Å². The minimum atomic E-state index is -1.14. The van der Waals surface area contributed by atoms with E-state index in [0.29, 0.717) is 117 Å². The molecule has 0 fully saturated rings. The first-order valence-corrected chi connectivity index (χ1v) is 21.5. The number of carbonyl (C=O) groups is 6. The summed E-state index contributed by atoms with van der Waals surface area (Å²) in [4.78, 5) is 85.3. The van der Waals surface area contributed by atoms with Crippen LogP contribution in [0.1, 0.15) is 93.4 Å². The van der Waals surface area contributed by atoms with E-state index >= 15 is 0 Å². The summed E-state index contributed by atoms with van der Waals surface area (Å²) in [6, 6.07) is 0. The smallest absolute Gasteiger partial charge is 0.340 e. The lowest BCUT2D eigenvalue weighted by molar-refractivity contribution is -0.189. The summed E-state index contributed by atoms with van der Waals surface area (Å²) in [7, 11) is 0. The van der Waals surface area contributed by atoms with Crippen LogP contribution in [0.4, 0.5) is 0 Å². The fraction of sp³-hybridized carbons (Fsp3) is 0.750. The van der Waals surface area contributed by atoms with Crippen LogP contribution in [-0.2, 0) is 57.2 Å². The van der Waals surface area contributed by atoms with E-state index in [9.17, 15) is 28.8 Å². The van der Waals surface area contributed by atoms with Crippen LogP contribution >= 0.6 is 35.3 Å². The van der Waals surface area contributed by atoms with Crippen molar-refractivity contribution in [3.8, 4) is 0 Å². The number of hydrogen-bond acceptors (Lipinski definition) is 18. The number of esters is 3. The van der Waals surface area contributed by atoms with E-state index in [4.69, 9.17) is 28.4 Å². The second kappa shape index (κ2) is 20.7. The number of hydrogen-bond donors (Lipinski definition) is 0. The fourth-order valence-corrected chi connectivity index (χ4v) is 9.12. The summed E-state index contributed by atoms with van der Waals surface area (Å²) in [6.07, 6.45) is 0.211. The summed E-state index contributed by atoms with van der Waals surface area (Å²) in [5.74, 6) is 3.24. The highest BCUT2D eigenvalue weighted by Gasteiger charge is 2.53. The Morgan fingerprint density at radius 2 is 0.833 bits per heavy atom. The molecule has 0 aliphatic carbocycles. The van der Waals surface area contributed by atoms with Gasteiger partial charge >= 0.3 is 17.9 Å². The first kappa shape index (κ1) is 45.3. The lowest BCUT2D eigenvalue weighted by Crippen LogP contribution is -2.56. The average molecular weight is 816 g/mol. The van der Waals surface area contributed by atoms with Gasteiger partial charge in [-0.25, -0.2) is 29.4 Å². The Morgan fingerprint density at radius 3 is 1.04 bits per heavy atom. The van der Waals surface area contributed by atoms with Crippen LogP contribution in [0.15, 0.2) is 15.0 Å². The van der Waals surface area contributed by atoms with E-state index in [2.05, 4.69) is 15.0 Å². The van der Waals surface area contributed by atoms with E-state index in [1.54, 1.807) is 76.8 Å². The van der Waals surface area contributed by atoms with Crippen molar-refractivity contribution in [3.63, 3.8) is 0 Å². The largest absolute Gasteiger partial charge is 0.464 e. The van der Waals surface area contributed by atoms with Gasteiger partial charge in [-0.3, -0.25) is 14.4 Å². The predicted octanol–water partition coefficient (Wildman–Crippen LogP) is 4.75. The van der Waals surface area contributed by atoms with Gasteiger partial charge in [-0.1, -0.05) is 6.92 Å². The third kappa shape index (κ3) is 12.2. The molecule has 0 aromatic heterocycles. The van der Waals surface area contributed by atoms with Crippen LogP contribution in [0.2, 0.25) is 0 Å². The molecule has 3 aliphatic rings. The molecule has 3 atom stereocenters. The van der Waals surface area contributed by atoms with Crippen molar-refractivity contribution in [2.24, 2.45) is 20.4 Å². The van der Waals surface area contributed by atoms with Gasteiger partial charge in [0.1, 0.15) is 18.3 Å². The quantitative estimate of drug-likeness (QED) is 0.0454. The number of carbonyl (C=O) groups excluding carboxylic acids is 6. The molecule has 3 unspecified atom stereocenters. The second-order valence-corrected chi connectivity index (χ2v) is 18.1. The lowest BCUT2D eigenvalue weighted by atomic mass is 9.67. The van der Waals surface area contributed by atoms with Gasteiger partial charge in [0.2, 0.25) is 0 Å². The maximum absolute atomic E-state index is 12.1. The van der Waals surface area contributed by atoms with Crippen LogP contribution < -0.4 is 0 Å². The maximum Gasteiger partial charge on any atom is 0.340 e. The molecule has 0 aromatic rings. The topological polar surface area (TPSA) is 195 Å². The second-order valence-electron chi connectivity index (χ2n) is 14.4. The molecule has 15 nitrogen and oxygen atoms in total. The van der Waals surface area contributed by atoms with Gasteiger partial charge < -0.3 is 28.4 Å². The normalized spacial score (nSPS) is 20.9. The molecule has 54 heavy (non-hydrogen) atoms. The Bertz CT molecular complexity index is 1280. The van der Waals surface area contributed by atoms with Gasteiger partial charge in [0.05, 0.1) is 5.41 Å². The first-order valence-electron chi connectivity index (χ1n) is 18.0. The van der Waals surface area contributed by atoms with Gasteiger partial charge in [0.15, 0.2) is 34.3 Å². The minimum Gasteiger partial charge on any atom is -0.464 e. The number of ether oxygens (including phenoxy) is 6. The molecule has 18 heteroatoms. The zero-order valence-corrected chi connectivity index (χ0v) is 34.6. The highest BCUT2D eigenvalue weighted by molar-refractivity contribution is 7.99. The predicted molar refractivity (Wildman–Crippen MR) is 208 cm³/mol. The van der Waals surface area contributed by atoms with Crippen LogP contribution in [0.3, 0.4) is 0 Å². The van der Waals surface area contributed by atoms with Gasteiger partial charge in [0.25, 0.3) is 19.4 Å². The molecule has 0 bridgehead atoms. The van der Waals surface area contributed by atoms with Gasteiger partial charge in [-0.05, 0) is 84.5 Å². The molecular weight excluding hydrogens is 763 g/mol. The summed E-state index contributed by atoms with van der Waals surface area (Å²) in [5.41, 5.74) is -3.87. The first-order chi connectivity index (χ1) is 25.6. The molecule has 0 amide bonds. The summed E-state index contributed by atoms with van der Waals surface area (Å²) >= 11 is 4.66. The molecule has 3 rings (SSSR count). The summed E-state index contributed by atoms with van der Waals surface area (Å²) in [5, 5.41) is 0. The van der Waals surface area contributed by atoms with Crippen LogP contribution in [0, 0.1) is 5.41 Å². The molecule has 0 radical (unpaired) electrons. The third-order valence-corrected chi connectivity index (χ3v) is 12.4. The third-order valence-electron chi connectivity index (χ3n) is 9.37. The van der Waals surface area contributed by atoms with Crippen molar-refractivity contribution in [2.75, 3.05) is 34.5 Å². The van der Waals surface area contributed by atoms with Crippen molar-refractivity contribution >= 4 is 90.3 Å². The van der Waals surface area contributed by atoms with Gasteiger partial charge in [-0.2, -0.15) is 35.3 Å². The molecule has 0 saturated heterocycles. The molecule has 0 N–H and O–H groups in total. The summed E-state index contributed by atoms with van der Waals surface area (Å²) in [6.45, 7) is 13.1. The van der Waals surface area contributed by atoms with Crippen LogP contribution in [0.25, 0.3) is 0 Å². The standard InChI is InChI=1S/C36H53N3O12S3/c1-8-36(24(46-21-40)9-15-52-18-12-27-37-33(2,3)30(43)49-27,25(47-22-41)10-16-53-19-13-28-38-34(4,5)31(44)50-28)26(48-23-42)11-17-54-20-14-29-39-35(6,7)32(45)51-29/h21-26H,8-20H2,1-7H3. The molecular formula is C36H53N3O12S3. The van der Waals surface area contributed by atoms with Crippen LogP contribution in [0.5, 0.6) is 0 Å². The monoisotopic (exact) mass is 815 g/mol. The SMILES string of the molecule is CCC(C(CCSCCC1=NC(C)(C)C(=O)O1)OC=O)(C(CCSCCC1=NC(C)(C)C(=O)O1)OC=O)C(CCSCCC1=NC(C)(C)C(=O)O1)OC=O. The Morgan fingerprint density at radius 1 is 0.556 bits per heavy atom. The number of aliphatic imine (C=N–C) groups is 3. The van der Waals surface area contributed by atoms with E-state index in [-0.39, 0.29) is 0 Å². The number of cyclic esters (lactones) is 3. The van der Waals surface area contributed by atoms with E-state index < -0.39 is 58.3 Å². The van der Waals surface area contributed by atoms with Crippen LogP contribution in [-0.4, -0.2) is 124 Å². The van der Waals surface area contributed by atoms with Gasteiger partial charge in [0, 0.05) is 36.5 Å². The highest BCUT2D eigenvalue weighted by atomic mass is 32.2.